The average molecular weight is 504 g/mol. The van der Waals surface area contributed by atoms with Crippen LogP contribution in [0, 0.1) is 5.92 Å². The van der Waals surface area contributed by atoms with Gasteiger partial charge in [0.25, 0.3) is 0 Å². The standard InChI is InChI=1S/C16H27F3N6O.HI/c1-12(2)11-26-10-4-6-21-14(20-3)23-8-9-24-15-22-7-5-13(25-15)16(17,18)19;/h5,7,12H,4,6,8-11H2,1-3H3,(H2,20,21,23)(H,22,24,25);1H. The van der Waals surface area contributed by atoms with Gasteiger partial charge in [0.15, 0.2) is 5.96 Å². The van der Waals surface area contributed by atoms with Gasteiger partial charge in [-0.25, -0.2) is 9.97 Å². The number of nitrogens with zero attached hydrogens (tertiary/aromatic N) is 3. The van der Waals surface area contributed by atoms with E-state index in [2.05, 4.69) is 44.8 Å². The molecule has 0 aliphatic rings. The number of anilines is 1. The summed E-state index contributed by atoms with van der Waals surface area (Å²) in [5.41, 5.74) is -0.972. The van der Waals surface area contributed by atoms with Crippen molar-refractivity contribution in [1.82, 2.24) is 20.6 Å². The molecule has 0 unspecified atom stereocenters. The Labute approximate surface area is 175 Å². The first-order valence-electron chi connectivity index (χ1n) is 8.49. The Morgan fingerprint density at radius 1 is 1.22 bits per heavy atom. The van der Waals surface area contributed by atoms with Crippen LogP contribution in [0.25, 0.3) is 0 Å². The molecule has 1 aromatic rings. The summed E-state index contributed by atoms with van der Waals surface area (Å²) in [7, 11) is 1.65. The van der Waals surface area contributed by atoms with Crippen LogP contribution in [0.5, 0.6) is 0 Å². The number of alkyl halides is 3. The molecule has 0 fully saturated rings. The molecule has 3 N–H and O–H groups in total. The Morgan fingerprint density at radius 2 is 1.93 bits per heavy atom. The maximum Gasteiger partial charge on any atom is 0.433 e. The zero-order valence-electron chi connectivity index (χ0n) is 15.8. The number of guanidine groups is 1. The maximum atomic E-state index is 12.6. The maximum absolute atomic E-state index is 12.6. The zero-order chi connectivity index (χ0) is 19.4. The second kappa shape index (κ2) is 13.7. The fraction of sp³-hybridized carbons (Fsp3) is 0.688. The summed E-state index contributed by atoms with van der Waals surface area (Å²) >= 11 is 0. The minimum absolute atomic E-state index is 0. The Bertz CT molecular complexity index is 557. The molecule has 0 amide bonds. The molecule has 0 aliphatic heterocycles. The predicted molar refractivity (Wildman–Crippen MR) is 111 cm³/mol. The van der Waals surface area contributed by atoms with Crippen molar-refractivity contribution in [3.05, 3.63) is 18.0 Å². The van der Waals surface area contributed by atoms with Crippen LogP contribution in [-0.4, -0.2) is 55.8 Å². The van der Waals surface area contributed by atoms with Crippen LogP contribution in [0.1, 0.15) is 26.0 Å². The van der Waals surface area contributed by atoms with Crippen molar-refractivity contribution in [2.45, 2.75) is 26.4 Å². The number of rotatable bonds is 10. The normalized spacial score (nSPS) is 11.9. The zero-order valence-corrected chi connectivity index (χ0v) is 18.1. The Balaban J connectivity index is 0.00000676. The van der Waals surface area contributed by atoms with Gasteiger partial charge in [-0.15, -0.1) is 24.0 Å². The van der Waals surface area contributed by atoms with Gasteiger partial charge in [-0.05, 0) is 18.4 Å². The first kappa shape index (κ1) is 25.6. The van der Waals surface area contributed by atoms with Crippen molar-refractivity contribution < 1.29 is 17.9 Å². The Hall–Kier alpha value is -1.37. The van der Waals surface area contributed by atoms with Gasteiger partial charge in [0.1, 0.15) is 5.69 Å². The lowest BCUT2D eigenvalue weighted by Gasteiger charge is -2.13. The summed E-state index contributed by atoms with van der Waals surface area (Å²) < 4.78 is 43.2. The molecule has 0 aliphatic carbocycles. The topological polar surface area (TPSA) is 83.5 Å². The smallest absolute Gasteiger partial charge is 0.381 e. The lowest BCUT2D eigenvalue weighted by Crippen LogP contribution is -2.40. The van der Waals surface area contributed by atoms with Gasteiger partial charge in [0.2, 0.25) is 5.95 Å². The van der Waals surface area contributed by atoms with Gasteiger partial charge >= 0.3 is 6.18 Å². The molecule has 0 radical (unpaired) electrons. The van der Waals surface area contributed by atoms with E-state index in [1.165, 1.54) is 0 Å². The molecule has 27 heavy (non-hydrogen) atoms. The SMILES string of the molecule is CN=C(NCCCOCC(C)C)NCCNc1nccc(C(F)(F)F)n1.I. The molecule has 7 nitrogen and oxygen atoms in total. The number of hydrogen-bond acceptors (Lipinski definition) is 5. The van der Waals surface area contributed by atoms with E-state index in [4.69, 9.17) is 4.74 Å². The monoisotopic (exact) mass is 504 g/mol. The fourth-order valence-electron chi connectivity index (χ4n) is 1.88. The highest BCUT2D eigenvalue weighted by Crippen LogP contribution is 2.27. The van der Waals surface area contributed by atoms with Crippen molar-refractivity contribution in [3.63, 3.8) is 0 Å². The third-order valence-corrected chi connectivity index (χ3v) is 3.08. The molecule has 0 spiro atoms. The third-order valence-electron chi connectivity index (χ3n) is 3.08. The molecule has 11 heteroatoms. The number of halogens is 4. The van der Waals surface area contributed by atoms with Crippen LogP contribution >= 0.6 is 24.0 Å². The van der Waals surface area contributed by atoms with E-state index in [9.17, 15) is 13.2 Å². The summed E-state index contributed by atoms with van der Waals surface area (Å²) in [4.78, 5) is 11.3. The molecule has 0 bridgehead atoms. The van der Waals surface area contributed by atoms with Crippen LogP contribution in [0.2, 0.25) is 0 Å². The molecule has 1 aromatic heterocycles. The number of aliphatic imine (C=N–C) groups is 1. The summed E-state index contributed by atoms with van der Waals surface area (Å²) in [5.74, 6) is 1.07. The van der Waals surface area contributed by atoms with Crippen LogP contribution in [0.3, 0.4) is 0 Å². The van der Waals surface area contributed by atoms with E-state index in [0.29, 0.717) is 38.1 Å². The van der Waals surface area contributed by atoms with Crippen LogP contribution < -0.4 is 16.0 Å². The summed E-state index contributed by atoms with van der Waals surface area (Å²) in [6.07, 6.45) is -2.56. The Morgan fingerprint density at radius 3 is 2.56 bits per heavy atom. The first-order valence-corrected chi connectivity index (χ1v) is 8.49. The van der Waals surface area contributed by atoms with Gasteiger partial charge in [-0.1, -0.05) is 13.8 Å². The molecular weight excluding hydrogens is 476 g/mol. The fourth-order valence-corrected chi connectivity index (χ4v) is 1.88. The molecular formula is C16H28F3IN6O. The predicted octanol–water partition coefficient (Wildman–Crippen LogP) is 2.75. The van der Waals surface area contributed by atoms with Crippen molar-refractivity contribution in [2.75, 3.05) is 45.2 Å². The molecule has 1 rings (SSSR count). The van der Waals surface area contributed by atoms with E-state index in [-0.39, 0.29) is 29.9 Å². The molecule has 0 saturated heterocycles. The second-order valence-electron chi connectivity index (χ2n) is 5.94. The lowest BCUT2D eigenvalue weighted by molar-refractivity contribution is -0.141. The third kappa shape index (κ3) is 11.8. The van der Waals surface area contributed by atoms with E-state index in [1.54, 1.807) is 7.05 Å². The molecule has 156 valence electrons. The van der Waals surface area contributed by atoms with Crippen molar-refractivity contribution >= 4 is 35.9 Å². The summed E-state index contributed by atoms with van der Waals surface area (Å²) in [5, 5.41) is 8.93. The number of aromatic nitrogens is 2. The summed E-state index contributed by atoms with van der Waals surface area (Å²) in [6, 6.07) is 0.833. The number of hydrogen-bond donors (Lipinski definition) is 3. The Kier molecular flexibility index (Phi) is 13.0. The molecule has 1 heterocycles. The van der Waals surface area contributed by atoms with Crippen LogP contribution in [0.15, 0.2) is 17.3 Å². The van der Waals surface area contributed by atoms with Gasteiger partial charge < -0.3 is 20.7 Å². The highest BCUT2D eigenvalue weighted by molar-refractivity contribution is 14.0. The highest BCUT2D eigenvalue weighted by Gasteiger charge is 2.32. The van der Waals surface area contributed by atoms with E-state index < -0.39 is 11.9 Å². The van der Waals surface area contributed by atoms with E-state index >= 15 is 0 Å². The van der Waals surface area contributed by atoms with E-state index in [0.717, 1.165) is 25.3 Å². The van der Waals surface area contributed by atoms with Gasteiger partial charge in [0, 0.05) is 46.1 Å². The van der Waals surface area contributed by atoms with Crippen LogP contribution in [-0.2, 0) is 10.9 Å². The quantitative estimate of drug-likeness (QED) is 0.197. The largest absolute Gasteiger partial charge is 0.433 e. The van der Waals surface area contributed by atoms with Gasteiger partial charge in [-0.3, -0.25) is 4.99 Å². The minimum Gasteiger partial charge on any atom is -0.381 e. The molecule has 0 saturated carbocycles. The number of ether oxygens (including phenoxy) is 1. The van der Waals surface area contributed by atoms with Gasteiger partial charge in [-0.2, -0.15) is 13.2 Å². The second-order valence-corrected chi connectivity index (χ2v) is 5.94. The number of nitrogens with one attached hydrogen (secondary N) is 3. The van der Waals surface area contributed by atoms with Crippen molar-refractivity contribution in [1.29, 1.82) is 0 Å². The molecule has 0 atom stereocenters. The van der Waals surface area contributed by atoms with Crippen molar-refractivity contribution in [2.24, 2.45) is 10.9 Å². The minimum atomic E-state index is -4.48. The highest BCUT2D eigenvalue weighted by atomic mass is 127. The average Bonchev–Trinajstić information content (AvgIpc) is 2.59. The molecule has 0 aromatic carbocycles. The van der Waals surface area contributed by atoms with Gasteiger partial charge in [0.05, 0.1) is 0 Å². The summed E-state index contributed by atoms with van der Waals surface area (Å²) in [6.45, 7) is 7.13. The van der Waals surface area contributed by atoms with E-state index in [1.807, 2.05) is 0 Å². The first-order chi connectivity index (χ1) is 12.3. The van der Waals surface area contributed by atoms with Crippen molar-refractivity contribution in [3.8, 4) is 0 Å². The van der Waals surface area contributed by atoms with Crippen LogP contribution in [0.4, 0.5) is 19.1 Å². The lowest BCUT2D eigenvalue weighted by atomic mass is 10.2.